The van der Waals surface area contributed by atoms with E-state index < -0.39 is 5.97 Å². The molecule has 1 atom stereocenters. The number of ether oxygens (including phenoxy) is 2. The number of esters is 1. The third-order valence-corrected chi connectivity index (χ3v) is 5.60. The molecule has 1 aliphatic rings. The van der Waals surface area contributed by atoms with Crippen LogP contribution >= 0.6 is 35.2 Å². The highest BCUT2D eigenvalue weighted by Gasteiger charge is 2.20. The minimum atomic E-state index is -0.512. The maximum atomic E-state index is 11.9. The molecule has 6 nitrogen and oxygen atoms in total. The van der Waals surface area contributed by atoms with E-state index in [0.29, 0.717) is 26.1 Å². The number of thiazole rings is 1. The molecule has 1 saturated heterocycles. The van der Waals surface area contributed by atoms with Crippen LogP contribution in [0.25, 0.3) is 0 Å². The molecule has 1 aliphatic heterocycles. The molecule has 1 aromatic carbocycles. The van der Waals surface area contributed by atoms with E-state index in [1.165, 1.54) is 24.7 Å². The van der Waals surface area contributed by atoms with E-state index in [0.717, 1.165) is 19.4 Å². The number of nitrogens with zero attached hydrogens (tertiary/aromatic N) is 2. The van der Waals surface area contributed by atoms with Gasteiger partial charge in [-0.2, -0.15) is 0 Å². The monoisotopic (exact) mass is 412 g/mol. The first-order valence-electron chi connectivity index (χ1n) is 7.95. The Morgan fingerprint density at radius 2 is 2.42 bits per heavy atom. The molecule has 2 heterocycles. The average molecular weight is 413 g/mol. The third kappa shape index (κ3) is 4.15. The molecular formula is C17H17ClN2O4S2. The zero-order valence-electron chi connectivity index (χ0n) is 14.0. The fourth-order valence-electron chi connectivity index (χ4n) is 2.67. The first-order chi connectivity index (χ1) is 12.5. The van der Waals surface area contributed by atoms with E-state index in [1.54, 1.807) is 22.8 Å². The van der Waals surface area contributed by atoms with Crippen molar-refractivity contribution in [1.82, 2.24) is 4.57 Å². The Labute approximate surface area is 164 Å². The Morgan fingerprint density at radius 1 is 1.62 bits per heavy atom. The topological polar surface area (TPSA) is 73.0 Å². The molecular weight excluding hydrogens is 396 g/mol. The summed E-state index contributed by atoms with van der Waals surface area (Å²) in [5.41, 5.74) is 0.642. The zero-order valence-corrected chi connectivity index (χ0v) is 16.4. The van der Waals surface area contributed by atoms with Crippen molar-refractivity contribution in [3.05, 3.63) is 37.6 Å². The Hall–Kier alpha value is -1.74. The van der Waals surface area contributed by atoms with Gasteiger partial charge in [-0.05, 0) is 43.3 Å². The van der Waals surface area contributed by atoms with Gasteiger partial charge in [0.25, 0.3) is 0 Å². The van der Waals surface area contributed by atoms with Gasteiger partial charge in [-0.1, -0.05) is 22.9 Å². The van der Waals surface area contributed by atoms with Gasteiger partial charge in [-0.15, -0.1) is 0 Å². The molecule has 0 aliphatic carbocycles. The van der Waals surface area contributed by atoms with Gasteiger partial charge in [0.2, 0.25) is 5.88 Å². The van der Waals surface area contributed by atoms with E-state index in [-0.39, 0.29) is 17.5 Å². The molecule has 0 radical (unpaired) electrons. The summed E-state index contributed by atoms with van der Waals surface area (Å²) in [5.74, 6) is -0.470. The fourth-order valence-corrected chi connectivity index (χ4v) is 4.04. The molecule has 2 aromatic rings. The van der Waals surface area contributed by atoms with E-state index in [9.17, 15) is 9.90 Å². The number of benzene rings is 1. The molecule has 1 N–H and O–H groups in total. The zero-order chi connectivity index (χ0) is 18.7. The van der Waals surface area contributed by atoms with Crippen LogP contribution in [0.5, 0.6) is 5.88 Å². The van der Waals surface area contributed by atoms with E-state index >= 15 is 0 Å². The predicted octanol–water partition coefficient (Wildman–Crippen LogP) is 4.35. The second-order valence-electron chi connectivity index (χ2n) is 5.71. The van der Waals surface area contributed by atoms with Crippen LogP contribution in [0.1, 0.15) is 28.1 Å². The van der Waals surface area contributed by atoms with Crippen LogP contribution < -0.4 is 0 Å². The maximum absolute atomic E-state index is 11.9. The lowest BCUT2D eigenvalue weighted by Crippen LogP contribution is -2.14. The van der Waals surface area contributed by atoms with Crippen molar-refractivity contribution >= 4 is 53.0 Å². The van der Waals surface area contributed by atoms with Crippen molar-refractivity contribution in [2.24, 2.45) is 4.99 Å². The minimum Gasteiger partial charge on any atom is -0.493 e. The lowest BCUT2D eigenvalue weighted by Gasteiger charge is -2.10. The summed E-state index contributed by atoms with van der Waals surface area (Å²) in [6.07, 6.45) is 3.50. The highest BCUT2D eigenvalue weighted by atomic mass is 35.5. The molecule has 26 heavy (non-hydrogen) atoms. The summed E-state index contributed by atoms with van der Waals surface area (Å²) in [5, 5.41) is 10.9. The molecule has 3 rings (SSSR count). The van der Waals surface area contributed by atoms with Gasteiger partial charge >= 0.3 is 5.97 Å². The van der Waals surface area contributed by atoms with Crippen molar-refractivity contribution < 1.29 is 19.4 Å². The molecule has 0 amide bonds. The smallest absolute Gasteiger partial charge is 0.340 e. The highest BCUT2D eigenvalue weighted by molar-refractivity contribution is 7.73. The van der Waals surface area contributed by atoms with Crippen molar-refractivity contribution in [3.63, 3.8) is 0 Å². The lowest BCUT2D eigenvalue weighted by molar-refractivity contribution is 0.0601. The van der Waals surface area contributed by atoms with Crippen LogP contribution in [0.15, 0.2) is 23.2 Å². The second-order valence-corrected chi connectivity index (χ2v) is 7.82. The standard InChI is InChI=1S/C17H17ClN2O4S2/c1-23-16(22)12-5-4-10(18)7-13(12)19-8-14-15(21)20(17(25)26-14)9-11-3-2-6-24-11/h4-5,7-8,11,21H,2-3,6,9H2,1H3/t11-/m1/s1. The molecule has 0 unspecified atom stereocenters. The van der Waals surface area contributed by atoms with Gasteiger partial charge in [0.1, 0.15) is 4.88 Å². The van der Waals surface area contributed by atoms with Gasteiger partial charge in [-0.3, -0.25) is 9.56 Å². The summed E-state index contributed by atoms with van der Waals surface area (Å²) in [6.45, 7) is 1.25. The molecule has 138 valence electrons. The summed E-state index contributed by atoms with van der Waals surface area (Å²) in [4.78, 5) is 16.7. The quantitative estimate of drug-likeness (QED) is 0.449. The Morgan fingerprint density at radius 3 is 3.12 bits per heavy atom. The van der Waals surface area contributed by atoms with E-state index in [4.69, 9.17) is 33.3 Å². The number of halogens is 1. The van der Waals surface area contributed by atoms with Crippen LogP contribution in [0.2, 0.25) is 5.02 Å². The molecule has 9 heteroatoms. The Bertz CT molecular complexity index is 901. The van der Waals surface area contributed by atoms with Gasteiger partial charge in [0.15, 0.2) is 3.95 Å². The molecule has 0 saturated carbocycles. The second kappa shape index (κ2) is 8.30. The van der Waals surface area contributed by atoms with Gasteiger partial charge in [0, 0.05) is 11.6 Å². The van der Waals surface area contributed by atoms with Crippen LogP contribution in [0.3, 0.4) is 0 Å². The summed E-state index contributed by atoms with van der Waals surface area (Å²) < 4.78 is 12.5. The Balaban J connectivity index is 1.88. The summed E-state index contributed by atoms with van der Waals surface area (Å²) in [7, 11) is 1.30. The largest absolute Gasteiger partial charge is 0.493 e. The van der Waals surface area contributed by atoms with Crippen molar-refractivity contribution in [2.45, 2.75) is 25.5 Å². The number of hydrogen-bond donors (Lipinski definition) is 1. The van der Waals surface area contributed by atoms with E-state index in [1.807, 2.05) is 0 Å². The van der Waals surface area contributed by atoms with Crippen LogP contribution in [0, 0.1) is 3.95 Å². The number of aromatic hydroxyl groups is 1. The average Bonchev–Trinajstić information content (AvgIpc) is 3.23. The maximum Gasteiger partial charge on any atom is 0.340 e. The lowest BCUT2D eigenvalue weighted by atomic mass is 10.2. The number of aromatic nitrogens is 1. The first-order valence-corrected chi connectivity index (χ1v) is 9.56. The number of aliphatic imine (C=N–C) groups is 1. The normalized spacial score (nSPS) is 17.1. The number of carbonyl (C=O) groups is 1. The van der Waals surface area contributed by atoms with Crippen LogP contribution in [-0.4, -0.2) is 41.7 Å². The van der Waals surface area contributed by atoms with Crippen molar-refractivity contribution in [3.8, 4) is 5.88 Å². The fraction of sp³-hybridized carbons (Fsp3) is 0.353. The van der Waals surface area contributed by atoms with Crippen LogP contribution in [-0.2, 0) is 16.0 Å². The number of methoxy groups -OCH3 is 1. The van der Waals surface area contributed by atoms with Crippen molar-refractivity contribution in [1.29, 1.82) is 0 Å². The summed E-state index contributed by atoms with van der Waals surface area (Å²) in [6, 6.07) is 4.70. The van der Waals surface area contributed by atoms with Crippen molar-refractivity contribution in [2.75, 3.05) is 13.7 Å². The van der Waals surface area contributed by atoms with E-state index in [2.05, 4.69) is 4.99 Å². The van der Waals surface area contributed by atoms with Gasteiger partial charge < -0.3 is 14.6 Å². The predicted molar refractivity (Wildman–Crippen MR) is 104 cm³/mol. The Kier molecular flexibility index (Phi) is 6.08. The number of carbonyl (C=O) groups excluding carboxylic acids is 1. The van der Waals surface area contributed by atoms with Gasteiger partial charge in [0.05, 0.1) is 37.2 Å². The number of hydrogen-bond acceptors (Lipinski definition) is 7. The molecule has 0 bridgehead atoms. The highest BCUT2D eigenvalue weighted by Crippen LogP contribution is 2.29. The molecule has 1 aromatic heterocycles. The molecule has 1 fully saturated rings. The van der Waals surface area contributed by atoms with Gasteiger partial charge in [-0.25, -0.2) is 4.79 Å². The summed E-state index contributed by atoms with van der Waals surface area (Å²) >= 11 is 12.6. The minimum absolute atomic E-state index is 0.0425. The SMILES string of the molecule is COC(=O)c1ccc(Cl)cc1N=Cc1sc(=S)n(C[C@H]2CCCO2)c1O. The van der Waals surface area contributed by atoms with Crippen LogP contribution in [0.4, 0.5) is 5.69 Å². The third-order valence-electron chi connectivity index (χ3n) is 3.99. The number of rotatable bonds is 5. The molecule has 0 spiro atoms. The first kappa shape index (κ1) is 19.0.